The molecule has 0 radical (unpaired) electrons. The van der Waals surface area contributed by atoms with E-state index in [1.165, 1.54) is 5.56 Å². The summed E-state index contributed by atoms with van der Waals surface area (Å²) in [4.78, 5) is 0. The summed E-state index contributed by atoms with van der Waals surface area (Å²) in [6, 6.07) is 14.5. The van der Waals surface area contributed by atoms with Crippen LogP contribution in [0.4, 0.5) is 5.69 Å². The Balaban J connectivity index is 1.93. The lowest BCUT2D eigenvalue weighted by molar-refractivity contribution is 0.177. The number of nitrogens with one attached hydrogen (secondary N) is 1. The van der Waals surface area contributed by atoms with Crippen LogP contribution in [-0.4, -0.2) is 6.04 Å². The third-order valence-corrected chi connectivity index (χ3v) is 4.25. The number of anilines is 1. The van der Waals surface area contributed by atoms with Gasteiger partial charge in [0.25, 0.3) is 0 Å². The van der Waals surface area contributed by atoms with Gasteiger partial charge in [0, 0.05) is 8.95 Å². The van der Waals surface area contributed by atoms with Crippen molar-refractivity contribution in [3.8, 4) is 5.75 Å². The maximum atomic E-state index is 6.13. The van der Waals surface area contributed by atoms with Crippen molar-refractivity contribution in [2.45, 2.75) is 19.1 Å². The molecular weight excluding hydrogens is 370 g/mol. The largest absolute Gasteiger partial charge is 0.481 e. The second-order valence-corrected chi connectivity index (χ2v) is 6.49. The highest BCUT2D eigenvalue weighted by Gasteiger charge is 2.27. The highest BCUT2D eigenvalue weighted by molar-refractivity contribution is 9.10. The van der Waals surface area contributed by atoms with Crippen LogP contribution in [0.1, 0.15) is 18.6 Å². The zero-order chi connectivity index (χ0) is 13.4. The van der Waals surface area contributed by atoms with Gasteiger partial charge < -0.3 is 10.1 Å². The van der Waals surface area contributed by atoms with Gasteiger partial charge in [0.05, 0.1) is 11.7 Å². The molecule has 0 bridgehead atoms. The monoisotopic (exact) mass is 381 g/mol. The molecule has 0 aromatic heterocycles. The van der Waals surface area contributed by atoms with Crippen LogP contribution in [0, 0.1) is 0 Å². The van der Waals surface area contributed by atoms with Gasteiger partial charge in [-0.2, -0.15) is 0 Å². The molecule has 1 aliphatic rings. The summed E-state index contributed by atoms with van der Waals surface area (Å²) in [5.41, 5.74) is 2.21. The zero-order valence-electron chi connectivity index (χ0n) is 10.4. The number of rotatable bonds is 1. The van der Waals surface area contributed by atoms with Gasteiger partial charge in [0.1, 0.15) is 11.9 Å². The van der Waals surface area contributed by atoms with Crippen LogP contribution in [0.5, 0.6) is 5.75 Å². The molecule has 1 heterocycles. The molecule has 2 aromatic rings. The van der Waals surface area contributed by atoms with E-state index in [-0.39, 0.29) is 12.1 Å². The summed E-state index contributed by atoms with van der Waals surface area (Å²) < 4.78 is 8.26. The Morgan fingerprint density at radius 1 is 1.00 bits per heavy atom. The summed E-state index contributed by atoms with van der Waals surface area (Å²) in [5.74, 6) is 0.897. The maximum absolute atomic E-state index is 6.13. The summed E-state index contributed by atoms with van der Waals surface area (Å²) >= 11 is 6.93. The predicted octanol–water partition coefficient (Wildman–Crippen LogP) is 5.15. The van der Waals surface area contributed by atoms with E-state index in [4.69, 9.17) is 4.74 Å². The van der Waals surface area contributed by atoms with E-state index in [2.05, 4.69) is 56.2 Å². The molecule has 2 aromatic carbocycles. The fraction of sp³-hybridized carbons (Fsp3) is 0.200. The first-order valence-corrected chi connectivity index (χ1v) is 7.70. The van der Waals surface area contributed by atoms with Crippen molar-refractivity contribution in [3.05, 3.63) is 57.0 Å². The molecule has 0 fully saturated rings. The van der Waals surface area contributed by atoms with E-state index >= 15 is 0 Å². The Labute approximate surface area is 129 Å². The molecule has 0 amide bonds. The summed E-state index contributed by atoms with van der Waals surface area (Å²) in [6.45, 7) is 2.14. The Kier molecular flexibility index (Phi) is 3.54. The number of hydrogen-bond donors (Lipinski definition) is 1. The third kappa shape index (κ3) is 2.65. The van der Waals surface area contributed by atoms with Gasteiger partial charge in [-0.1, -0.05) is 44.0 Å². The van der Waals surface area contributed by atoms with Crippen LogP contribution >= 0.6 is 31.9 Å². The van der Waals surface area contributed by atoms with Crippen molar-refractivity contribution in [1.29, 1.82) is 0 Å². The molecule has 2 nitrogen and oxygen atoms in total. The lowest BCUT2D eigenvalue weighted by atomic mass is 10.0. The van der Waals surface area contributed by atoms with Crippen molar-refractivity contribution >= 4 is 37.5 Å². The minimum absolute atomic E-state index is 0.0294. The lowest BCUT2D eigenvalue weighted by Crippen LogP contribution is -2.32. The molecule has 2 atom stereocenters. The minimum atomic E-state index is 0.0294. The summed E-state index contributed by atoms with van der Waals surface area (Å²) in [5, 5.41) is 3.50. The molecule has 3 rings (SSSR count). The second-order valence-electron chi connectivity index (χ2n) is 4.66. The van der Waals surface area contributed by atoms with E-state index in [9.17, 15) is 0 Å². The zero-order valence-corrected chi connectivity index (χ0v) is 13.5. The highest BCUT2D eigenvalue weighted by Crippen LogP contribution is 2.38. The van der Waals surface area contributed by atoms with E-state index in [1.807, 2.05) is 30.3 Å². The van der Waals surface area contributed by atoms with Gasteiger partial charge in [0.15, 0.2) is 0 Å². The van der Waals surface area contributed by atoms with Crippen LogP contribution in [0.3, 0.4) is 0 Å². The molecule has 0 saturated carbocycles. The first kappa shape index (κ1) is 13.0. The smallest absolute Gasteiger partial charge is 0.144 e. The van der Waals surface area contributed by atoms with Crippen LogP contribution in [0.2, 0.25) is 0 Å². The molecule has 0 aliphatic carbocycles. The fourth-order valence-corrected chi connectivity index (χ4v) is 2.91. The molecule has 0 saturated heterocycles. The highest BCUT2D eigenvalue weighted by atomic mass is 79.9. The quantitative estimate of drug-likeness (QED) is 0.736. The molecule has 4 heteroatoms. The Morgan fingerprint density at radius 3 is 2.42 bits per heavy atom. The Morgan fingerprint density at radius 2 is 1.68 bits per heavy atom. The first-order chi connectivity index (χ1) is 9.13. The van der Waals surface area contributed by atoms with E-state index in [0.29, 0.717) is 0 Å². The van der Waals surface area contributed by atoms with Crippen LogP contribution in [0.25, 0.3) is 0 Å². The SMILES string of the molecule is CC1Nc2cc(Br)ccc2OC1c1ccc(Br)cc1. The van der Waals surface area contributed by atoms with Crippen molar-refractivity contribution in [1.82, 2.24) is 0 Å². The fourth-order valence-electron chi connectivity index (χ4n) is 2.29. The topological polar surface area (TPSA) is 21.3 Å². The van der Waals surface area contributed by atoms with Gasteiger partial charge in [-0.15, -0.1) is 0 Å². The van der Waals surface area contributed by atoms with E-state index < -0.39 is 0 Å². The van der Waals surface area contributed by atoms with E-state index in [0.717, 1.165) is 20.4 Å². The number of benzene rings is 2. The van der Waals surface area contributed by atoms with Crippen molar-refractivity contribution in [2.75, 3.05) is 5.32 Å². The number of fused-ring (bicyclic) bond motifs is 1. The van der Waals surface area contributed by atoms with Crippen molar-refractivity contribution in [2.24, 2.45) is 0 Å². The van der Waals surface area contributed by atoms with Crippen molar-refractivity contribution in [3.63, 3.8) is 0 Å². The van der Waals surface area contributed by atoms with Gasteiger partial charge >= 0.3 is 0 Å². The van der Waals surface area contributed by atoms with E-state index in [1.54, 1.807) is 0 Å². The molecular formula is C15H13Br2NO. The lowest BCUT2D eigenvalue weighted by Gasteiger charge is -2.33. The van der Waals surface area contributed by atoms with Crippen molar-refractivity contribution < 1.29 is 4.74 Å². The predicted molar refractivity (Wildman–Crippen MR) is 84.7 cm³/mol. The second kappa shape index (κ2) is 5.17. The normalized spacial score (nSPS) is 21.2. The first-order valence-electron chi connectivity index (χ1n) is 6.12. The molecule has 2 unspecified atom stereocenters. The average Bonchev–Trinajstić information content (AvgIpc) is 2.39. The van der Waals surface area contributed by atoms with Crippen LogP contribution in [-0.2, 0) is 0 Å². The minimum Gasteiger partial charge on any atom is -0.481 e. The van der Waals surface area contributed by atoms with Crippen LogP contribution in [0.15, 0.2) is 51.4 Å². The van der Waals surface area contributed by atoms with Gasteiger partial charge in [-0.05, 0) is 42.8 Å². The molecule has 0 spiro atoms. The Bertz CT molecular complexity index is 598. The average molecular weight is 383 g/mol. The standard InChI is InChI=1S/C15H13Br2NO/c1-9-15(10-2-4-11(16)5-3-10)19-14-7-6-12(17)8-13(14)18-9/h2-9,15,18H,1H3. The molecule has 98 valence electrons. The molecule has 1 N–H and O–H groups in total. The van der Waals surface area contributed by atoms with Crippen LogP contribution < -0.4 is 10.1 Å². The van der Waals surface area contributed by atoms with Gasteiger partial charge in [0.2, 0.25) is 0 Å². The number of halogens is 2. The Hall–Kier alpha value is -1.00. The molecule has 19 heavy (non-hydrogen) atoms. The summed E-state index contributed by atoms with van der Waals surface area (Å²) in [6.07, 6.45) is 0.0294. The summed E-state index contributed by atoms with van der Waals surface area (Å²) in [7, 11) is 0. The van der Waals surface area contributed by atoms with Gasteiger partial charge in [-0.25, -0.2) is 0 Å². The number of hydrogen-bond acceptors (Lipinski definition) is 2. The van der Waals surface area contributed by atoms with Gasteiger partial charge in [-0.3, -0.25) is 0 Å². The number of ether oxygens (including phenoxy) is 1. The molecule has 1 aliphatic heterocycles. The third-order valence-electron chi connectivity index (χ3n) is 3.23. The maximum Gasteiger partial charge on any atom is 0.144 e.